The van der Waals surface area contributed by atoms with Crippen molar-refractivity contribution in [2.45, 2.75) is 6.42 Å². The van der Waals surface area contributed by atoms with Crippen molar-refractivity contribution in [3.63, 3.8) is 0 Å². The van der Waals surface area contributed by atoms with Gasteiger partial charge in [-0.2, -0.15) is 0 Å². The fourth-order valence-electron chi connectivity index (χ4n) is 2.06. The molecule has 1 amide bonds. The van der Waals surface area contributed by atoms with Crippen molar-refractivity contribution in [2.75, 3.05) is 7.11 Å². The fourth-order valence-corrected chi connectivity index (χ4v) is 2.35. The maximum absolute atomic E-state index is 11.0. The lowest BCUT2D eigenvalue weighted by atomic mass is 10.1. The molecule has 90 valence electrons. The molecular weight excluding hydrogens is 240 g/mol. The number of amides is 1. The Kier molecular flexibility index (Phi) is 2.98. The molecule has 0 radical (unpaired) electrons. The van der Waals surface area contributed by atoms with Gasteiger partial charge in [-0.3, -0.25) is 4.79 Å². The largest absolute Gasteiger partial charge is 0.496 e. The van der Waals surface area contributed by atoms with Crippen LogP contribution in [0.4, 0.5) is 0 Å². The number of halogens is 1. The Balaban J connectivity index is 2.77. The standard InChI is InChI=1S/C12H13ClN2O2/c1-15-6-7(5-10(14)16)11-9(17-2)4-3-8(13)12(11)15/h3-4,6H,5H2,1-2H3,(H2,14,16). The molecule has 0 aliphatic rings. The van der Waals surface area contributed by atoms with Crippen LogP contribution < -0.4 is 10.5 Å². The van der Waals surface area contributed by atoms with Crippen molar-refractivity contribution >= 4 is 28.4 Å². The number of aromatic nitrogens is 1. The molecule has 0 unspecified atom stereocenters. The van der Waals surface area contributed by atoms with Crippen LogP contribution in [0.25, 0.3) is 10.9 Å². The number of ether oxygens (including phenoxy) is 1. The minimum Gasteiger partial charge on any atom is -0.496 e. The zero-order valence-corrected chi connectivity index (χ0v) is 10.4. The maximum atomic E-state index is 11.0. The highest BCUT2D eigenvalue weighted by molar-refractivity contribution is 6.35. The highest BCUT2D eigenvalue weighted by atomic mass is 35.5. The van der Waals surface area contributed by atoms with Crippen LogP contribution in [-0.4, -0.2) is 17.6 Å². The van der Waals surface area contributed by atoms with Crippen molar-refractivity contribution < 1.29 is 9.53 Å². The van der Waals surface area contributed by atoms with Crippen LogP contribution in [-0.2, 0) is 18.3 Å². The first-order chi connectivity index (χ1) is 8.04. The highest BCUT2D eigenvalue weighted by Crippen LogP contribution is 2.35. The number of fused-ring (bicyclic) bond motifs is 1. The van der Waals surface area contributed by atoms with Gasteiger partial charge in [0.1, 0.15) is 5.75 Å². The number of hydrogen-bond acceptors (Lipinski definition) is 2. The highest BCUT2D eigenvalue weighted by Gasteiger charge is 2.15. The van der Waals surface area contributed by atoms with E-state index in [1.54, 1.807) is 19.2 Å². The molecule has 0 fully saturated rings. The Hall–Kier alpha value is -1.68. The molecule has 2 N–H and O–H groups in total. The average molecular weight is 253 g/mol. The number of rotatable bonds is 3. The molecule has 1 heterocycles. The first-order valence-electron chi connectivity index (χ1n) is 5.13. The summed E-state index contributed by atoms with van der Waals surface area (Å²) in [5.74, 6) is 0.320. The number of aryl methyl sites for hydroxylation is 1. The van der Waals surface area contributed by atoms with Crippen molar-refractivity contribution in [1.29, 1.82) is 0 Å². The molecule has 5 heteroatoms. The Bertz CT molecular complexity index is 590. The van der Waals surface area contributed by atoms with E-state index in [2.05, 4.69) is 0 Å². The van der Waals surface area contributed by atoms with E-state index >= 15 is 0 Å². The van der Waals surface area contributed by atoms with Gasteiger partial charge in [-0.05, 0) is 17.7 Å². The zero-order valence-electron chi connectivity index (χ0n) is 9.66. The number of hydrogen-bond donors (Lipinski definition) is 1. The molecule has 2 rings (SSSR count). The SMILES string of the molecule is COc1ccc(Cl)c2c1c(CC(N)=O)cn2C. The summed E-state index contributed by atoms with van der Waals surface area (Å²) in [6.07, 6.45) is 2.03. The fraction of sp³-hybridized carbons (Fsp3) is 0.250. The number of benzene rings is 1. The number of carbonyl (C=O) groups excluding carboxylic acids is 1. The third kappa shape index (κ3) is 1.96. The monoisotopic (exact) mass is 252 g/mol. The van der Waals surface area contributed by atoms with E-state index in [-0.39, 0.29) is 12.3 Å². The van der Waals surface area contributed by atoms with Crippen molar-refractivity contribution in [2.24, 2.45) is 12.8 Å². The second-order valence-corrected chi connectivity index (χ2v) is 4.29. The van der Waals surface area contributed by atoms with Crippen molar-refractivity contribution in [3.05, 3.63) is 28.9 Å². The second kappa shape index (κ2) is 4.30. The van der Waals surface area contributed by atoms with E-state index in [9.17, 15) is 4.79 Å². The Morgan fingerprint density at radius 3 is 2.82 bits per heavy atom. The van der Waals surface area contributed by atoms with E-state index < -0.39 is 0 Å². The lowest BCUT2D eigenvalue weighted by Crippen LogP contribution is -2.13. The molecule has 0 spiro atoms. The van der Waals surface area contributed by atoms with Gasteiger partial charge in [0.2, 0.25) is 5.91 Å². The van der Waals surface area contributed by atoms with E-state index in [0.717, 1.165) is 16.5 Å². The van der Waals surface area contributed by atoms with Crippen LogP contribution in [0.1, 0.15) is 5.56 Å². The number of methoxy groups -OCH3 is 1. The van der Waals surface area contributed by atoms with E-state index in [4.69, 9.17) is 22.1 Å². The molecule has 17 heavy (non-hydrogen) atoms. The summed E-state index contributed by atoms with van der Waals surface area (Å²) in [5.41, 5.74) is 6.91. The Morgan fingerprint density at radius 2 is 2.24 bits per heavy atom. The summed E-state index contributed by atoms with van der Waals surface area (Å²) in [6, 6.07) is 3.56. The summed E-state index contributed by atoms with van der Waals surface area (Å²) in [7, 11) is 3.46. The predicted molar refractivity (Wildman–Crippen MR) is 67.4 cm³/mol. The van der Waals surface area contributed by atoms with Gasteiger partial charge in [0, 0.05) is 18.6 Å². The Morgan fingerprint density at radius 1 is 1.53 bits per heavy atom. The van der Waals surface area contributed by atoms with E-state index in [1.165, 1.54) is 0 Å². The van der Waals surface area contributed by atoms with Gasteiger partial charge >= 0.3 is 0 Å². The molecule has 1 aromatic heterocycles. The van der Waals surface area contributed by atoms with Gasteiger partial charge in [-0.15, -0.1) is 0 Å². The van der Waals surface area contributed by atoms with Crippen LogP contribution in [0, 0.1) is 0 Å². The summed E-state index contributed by atoms with van der Waals surface area (Å²) in [5, 5.41) is 1.47. The lowest BCUT2D eigenvalue weighted by molar-refractivity contribution is -0.117. The number of carbonyl (C=O) groups is 1. The van der Waals surface area contributed by atoms with Crippen molar-refractivity contribution in [1.82, 2.24) is 4.57 Å². The van der Waals surface area contributed by atoms with Gasteiger partial charge < -0.3 is 15.0 Å². The van der Waals surface area contributed by atoms with Crippen LogP contribution in [0.3, 0.4) is 0 Å². The summed E-state index contributed by atoms with van der Waals surface area (Å²) < 4.78 is 7.17. The average Bonchev–Trinajstić information content (AvgIpc) is 2.57. The van der Waals surface area contributed by atoms with E-state index in [1.807, 2.05) is 17.8 Å². The topological polar surface area (TPSA) is 57.2 Å². The molecule has 0 aliphatic heterocycles. The Labute approximate surface area is 104 Å². The molecule has 4 nitrogen and oxygen atoms in total. The summed E-state index contributed by atoms with van der Waals surface area (Å²) >= 11 is 6.15. The van der Waals surface area contributed by atoms with Gasteiger partial charge in [0.15, 0.2) is 0 Å². The van der Waals surface area contributed by atoms with Gasteiger partial charge in [-0.1, -0.05) is 11.6 Å². The molecule has 0 saturated heterocycles. The molecule has 0 aliphatic carbocycles. The summed E-state index contributed by atoms with van der Waals surface area (Å²) in [6.45, 7) is 0. The predicted octanol–water partition coefficient (Wildman–Crippen LogP) is 1.87. The van der Waals surface area contributed by atoms with E-state index in [0.29, 0.717) is 10.8 Å². The smallest absolute Gasteiger partial charge is 0.221 e. The van der Waals surface area contributed by atoms with Gasteiger partial charge in [-0.25, -0.2) is 0 Å². The molecule has 0 bridgehead atoms. The maximum Gasteiger partial charge on any atom is 0.221 e. The second-order valence-electron chi connectivity index (χ2n) is 3.88. The number of nitrogens with two attached hydrogens (primary N) is 1. The van der Waals surface area contributed by atoms with Gasteiger partial charge in [0.25, 0.3) is 0 Å². The normalized spacial score (nSPS) is 10.8. The quantitative estimate of drug-likeness (QED) is 0.907. The zero-order chi connectivity index (χ0) is 12.6. The first kappa shape index (κ1) is 11.8. The van der Waals surface area contributed by atoms with Crippen molar-refractivity contribution in [3.8, 4) is 5.75 Å². The third-order valence-corrected chi connectivity index (χ3v) is 3.00. The summed E-state index contributed by atoms with van der Waals surface area (Å²) in [4.78, 5) is 11.0. The van der Waals surface area contributed by atoms with Crippen LogP contribution in [0.5, 0.6) is 5.75 Å². The first-order valence-corrected chi connectivity index (χ1v) is 5.51. The minimum absolute atomic E-state index is 0.175. The third-order valence-electron chi connectivity index (χ3n) is 2.70. The minimum atomic E-state index is -0.375. The lowest BCUT2D eigenvalue weighted by Gasteiger charge is -2.05. The number of primary amides is 1. The molecule has 1 aromatic carbocycles. The molecular formula is C12H13ClN2O2. The van der Waals surface area contributed by atoms with Crippen LogP contribution in [0.15, 0.2) is 18.3 Å². The molecule has 0 saturated carbocycles. The molecule has 2 aromatic rings. The number of nitrogens with zero attached hydrogens (tertiary/aromatic N) is 1. The van der Waals surface area contributed by atoms with Crippen LogP contribution in [0.2, 0.25) is 5.02 Å². The molecule has 0 atom stereocenters. The van der Waals surface area contributed by atoms with Crippen LogP contribution >= 0.6 is 11.6 Å². The van der Waals surface area contributed by atoms with Gasteiger partial charge in [0.05, 0.1) is 24.1 Å².